The minimum absolute atomic E-state index is 0.221. The van der Waals surface area contributed by atoms with E-state index in [0.29, 0.717) is 0 Å². The molecule has 0 rings (SSSR count). The quantitative estimate of drug-likeness (QED) is 0.561. The van der Waals surface area contributed by atoms with E-state index >= 15 is 0 Å². The molecular formula is C8H18O3. The van der Waals surface area contributed by atoms with Gasteiger partial charge in [0.1, 0.15) is 0 Å². The van der Waals surface area contributed by atoms with Crippen molar-refractivity contribution in [3.63, 3.8) is 0 Å². The van der Waals surface area contributed by atoms with Crippen LogP contribution in [-0.2, 0) is 14.2 Å². The second-order valence-electron chi connectivity index (χ2n) is 1.86. The fourth-order valence-electron chi connectivity index (χ4n) is 0.695. The molecule has 3 nitrogen and oxygen atoms in total. The van der Waals surface area contributed by atoms with Crippen LogP contribution in [0.2, 0.25) is 0 Å². The van der Waals surface area contributed by atoms with Gasteiger partial charge >= 0.3 is 0 Å². The number of hydrogen-bond donors (Lipinski definition) is 0. The molecule has 0 bridgehead atoms. The Morgan fingerprint density at radius 1 is 1.00 bits per heavy atom. The highest BCUT2D eigenvalue weighted by atomic mass is 16.9. The Hall–Kier alpha value is -0.120. The van der Waals surface area contributed by atoms with Crippen LogP contribution in [0.15, 0.2) is 0 Å². The Kier molecular flexibility index (Phi) is 3.21. The average molecular weight is 165 g/mol. The Morgan fingerprint density at radius 2 is 1.36 bits per heavy atom. The van der Waals surface area contributed by atoms with Crippen LogP contribution in [0, 0.1) is 0 Å². The van der Waals surface area contributed by atoms with Gasteiger partial charge in [-0.15, -0.1) is 0 Å². The molecule has 3 heteroatoms. The number of ether oxygens (including phenoxy) is 3. The van der Waals surface area contributed by atoms with Crippen molar-refractivity contribution in [2.45, 2.75) is 33.6 Å². The van der Waals surface area contributed by atoms with Crippen LogP contribution in [0.3, 0.4) is 0 Å². The van der Waals surface area contributed by atoms with Crippen LogP contribution in [0.5, 0.6) is 0 Å². The maximum Gasteiger partial charge on any atom is 0.279 e. The lowest BCUT2D eigenvalue weighted by Gasteiger charge is -2.27. The molecule has 0 heterocycles. The lowest BCUT2D eigenvalue weighted by atomic mass is 10.6. The standard InChI is InChI=1S/C8H18O3/c1-5-9-8(4,10-6-2)11-7-3/h5-7H2,1-4H3/i4D3. The maximum atomic E-state index is 7.31. The second-order valence-corrected chi connectivity index (χ2v) is 1.86. The molecule has 0 aromatic heterocycles. The first-order chi connectivity index (χ1) is 6.43. The summed E-state index contributed by atoms with van der Waals surface area (Å²) in [6.45, 7) is 3.29. The molecule has 0 saturated carbocycles. The molecule has 0 aliphatic carbocycles. The van der Waals surface area contributed by atoms with Gasteiger partial charge in [0.15, 0.2) is 0 Å². The molecule has 0 saturated heterocycles. The first-order valence-electron chi connectivity index (χ1n) is 5.35. The van der Waals surface area contributed by atoms with Crippen LogP contribution < -0.4 is 0 Å². The van der Waals surface area contributed by atoms with E-state index < -0.39 is 12.8 Å². The first kappa shape index (κ1) is 6.40. The van der Waals surface area contributed by atoms with Gasteiger partial charge in [0.05, 0.1) is 0 Å². The van der Waals surface area contributed by atoms with Gasteiger partial charge in [0.2, 0.25) is 0 Å². The van der Waals surface area contributed by atoms with Crippen molar-refractivity contribution < 1.29 is 18.3 Å². The van der Waals surface area contributed by atoms with E-state index in [9.17, 15) is 0 Å². The fraction of sp³-hybridized carbons (Fsp3) is 1.00. The molecule has 0 spiro atoms. The van der Waals surface area contributed by atoms with Crippen LogP contribution in [-0.4, -0.2) is 25.8 Å². The predicted molar refractivity (Wildman–Crippen MR) is 43.3 cm³/mol. The van der Waals surface area contributed by atoms with E-state index in [0.717, 1.165) is 0 Å². The SMILES string of the molecule is [2H]C([2H])([2H])C(OCC)(OCC)OCC. The van der Waals surface area contributed by atoms with Gasteiger partial charge in [0.25, 0.3) is 5.97 Å². The van der Waals surface area contributed by atoms with Gasteiger partial charge in [-0.1, -0.05) is 0 Å². The summed E-state index contributed by atoms with van der Waals surface area (Å²) in [4.78, 5) is 0. The van der Waals surface area contributed by atoms with Crippen LogP contribution in [0.4, 0.5) is 0 Å². The van der Waals surface area contributed by atoms with Crippen molar-refractivity contribution in [2.75, 3.05) is 19.8 Å². The smallest absolute Gasteiger partial charge is 0.279 e. The molecule has 0 aliphatic rings. The van der Waals surface area contributed by atoms with Crippen molar-refractivity contribution in [1.82, 2.24) is 0 Å². The van der Waals surface area contributed by atoms with Gasteiger partial charge in [-0.05, 0) is 20.8 Å². The van der Waals surface area contributed by atoms with Gasteiger partial charge in [-0.3, -0.25) is 0 Å². The monoisotopic (exact) mass is 165 g/mol. The zero-order valence-corrected chi connectivity index (χ0v) is 7.35. The lowest BCUT2D eigenvalue weighted by molar-refractivity contribution is -0.365. The zero-order chi connectivity index (χ0) is 11.2. The van der Waals surface area contributed by atoms with Crippen LogP contribution in [0.25, 0.3) is 0 Å². The third-order valence-electron chi connectivity index (χ3n) is 1.00. The van der Waals surface area contributed by atoms with Crippen LogP contribution >= 0.6 is 0 Å². The van der Waals surface area contributed by atoms with Gasteiger partial charge < -0.3 is 14.2 Å². The summed E-state index contributed by atoms with van der Waals surface area (Å²) in [6.07, 6.45) is 0. The lowest BCUT2D eigenvalue weighted by Crippen LogP contribution is -2.35. The molecule has 0 unspecified atom stereocenters. The Labute approximate surface area is 72.8 Å². The second kappa shape index (κ2) is 5.52. The Balaban J connectivity index is 4.73. The number of hydrogen-bond acceptors (Lipinski definition) is 3. The molecular weight excluding hydrogens is 144 g/mol. The summed E-state index contributed by atoms with van der Waals surface area (Å²) in [5.41, 5.74) is 0. The van der Waals surface area contributed by atoms with E-state index in [4.69, 9.17) is 18.3 Å². The zero-order valence-electron chi connectivity index (χ0n) is 10.3. The van der Waals surface area contributed by atoms with E-state index in [-0.39, 0.29) is 19.8 Å². The first-order valence-corrected chi connectivity index (χ1v) is 3.85. The molecule has 0 radical (unpaired) electrons. The molecule has 0 aliphatic heterocycles. The van der Waals surface area contributed by atoms with E-state index in [2.05, 4.69) is 0 Å². The molecule has 0 aromatic rings. The molecule has 11 heavy (non-hydrogen) atoms. The largest absolute Gasteiger partial charge is 0.328 e. The van der Waals surface area contributed by atoms with Crippen molar-refractivity contribution >= 4 is 0 Å². The average Bonchev–Trinajstić information content (AvgIpc) is 2.03. The minimum Gasteiger partial charge on any atom is -0.328 e. The fourth-order valence-corrected chi connectivity index (χ4v) is 0.695. The summed E-state index contributed by atoms with van der Waals surface area (Å²) < 4.78 is 37.1. The predicted octanol–water partition coefficient (Wildman–Crippen LogP) is 1.77. The molecule has 0 amide bonds. The maximum absolute atomic E-state index is 7.31. The van der Waals surface area contributed by atoms with E-state index in [1.165, 1.54) is 0 Å². The summed E-state index contributed by atoms with van der Waals surface area (Å²) in [6, 6.07) is 0. The topological polar surface area (TPSA) is 27.7 Å². The molecule has 0 aromatic carbocycles. The summed E-state index contributed by atoms with van der Waals surface area (Å²) in [5, 5.41) is 0. The highest BCUT2D eigenvalue weighted by Crippen LogP contribution is 2.13. The summed E-state index contributed by atoms with van der Waals surface area (Å²) >= 11 is 0. The van der Waals surface area contributed by atoms with Crippen LogP contribution in [0.1, 0.15) is 31.7 Å². The molecule has 68 valence electrons. The third-order valence-corrected chi connectivity index (χ3v) is 1.00. The third kappa shape index (κ3) is 4.35. The van der Waals surface area contributed by atoms with Gasteiger partial charge in [-0.2, -0.15) is 0 Å². The van der Waals surface area contributed by atoms with E-state index in [1.807, 2.05) is 0 Å². The van der Waals surface area contributed by atoms with Gasteiger partial charge in [-0.25, -0.2) is 0 Å². The van der Waals surface area contributed by atoms with Crippen molar-refractivity contribution in [2.24, 2.45) is 0 Å². The highest BCUT2D eigenvalue weighted by molar-refractivity contribution is 4.45. The summed E-state index contributed by atoms with van der Waals surface area (Å²) in [5.74, 6) is -1.91. The van der Waals surface area contributed by atoms with E-state index in [1.54, 1.807) is 20.8 Å². The highest BCUT2D eigenvalue weighted by Gasteiger charge is 2.24. The Bertz CT molecular complexity index is 141. The summed E-state index contributed by atoms with van der Waals surface area (Å²) in [7, 11) is 0. The molecule has 0 atom stereocenters. The molecule has 0 fully saturated rings. The number of rotatable bonds is 6. The van der Waals surface area contributed by atoms with Crippen molar-refractivity contribution in [1.29, 1.82) is 0 Å². The molecule has 0 N–H and O–H groups in total. The van der Waals surface area contributed by atoms with Crippen molar-refractivity contribution in [3.8, 4) is 0 Å². The van der Waals surface area contributed by atoms with Crippen molar-refractivity contribution in [3.05, 3.63) is 0 Å². The van der Waals surface area contributed by atoms with Gasteiger partial charge in [0, 0.05) is 30.8 Å². The Morgan fingerprint density at radius 3 is 1.55 bits per heavy atom. The normalized spacial score (nSPS) is 17.2. The minimum atomic E-state index is -2.45.